The number of ether oxygens (including phenoxy) is 2. The highest BCUT2D eigenvalue weighted by Gasteiger charge is 2.17. The third-order valence-electron chi connectivity index (χ3n) is 3.99. The number of benzene rings is 1. The zero-order chi connectivity index (χ0) is 19.4. The summed E-state index contributed by atoms with van der Waals surface area (Å²) in [4.78, 5) is 24.0. The summed E-state index contributed by atoms with van der Waals surface area (Å²) in [5.74, 6) is -0.432. The van der Waals surface area contributed by atoms with E-state index in [-0.39, 0.29) is 30.0 Å². The number of unbranched alkanes of at least 4 members (excludes halogenated alkanes) is 4. The standard InChI is InChI=1S/C20H31NO5/c1-3-5-7-9-19(23)25-17-12-11-15(16(22)14-21)13-18(17)26-20(24)10-8-6-4-2/h11-13,16,22H,3-10,14,21H2,1-2H3. The van der Waals surface area contributed by atoms with Crippen LogP contribution < -0.4 is 15.2 Å². The lowest BCUT2D eigenvalue weighted by molar-refractivity contribution is -0.137. The van der Waals surface area contributed by atoms with Crippen molar-refractivity contribution in [2.75, 3.05) is 6.54 Å². The van der Waals surface area contributed by atoms with Crippen molar-refractivity contribution in [3.63, 3.8) is 0 Å². The van der Waals surface area contributed by atoms with Crippen molar-refractivity contribution in [2.24, 2.45) is 5.73 Å². The van der Waals surface area contributed by atoms with E-state index in [9.17, 15) is 14.7 Å². The maximum absolute atomic E-state index is 12.0. The van der Waals surface area contributed by atoms with Crippen LogP contribution in [0.25, 0.3) is 0 Å². The minimum atomic E-state index is -0.873. The molecule has 0 fully saturated rings. The normalized spacial score (nSPS) is 11.8. The zero-order valence-electron chi connectivity index (χ0n) is 15.8. The molecular formula is C20H31NO5. The average molecular weight is 365 g/mol. The molecule has 0 amide bonds. The maximum Gasteiger partial charge on any atom is 0.311 e. The summed E-state index contributed by atoms with van der Waals surface area (Å²) in [6.07, 6.45) is 5.15. The van der Waals surface area contributed by atoms with Gasteiger partial charge in [-0.3, -0.25) is 9.59 Å². The number of aliphatic hydroxyl groups excluding tert-OH is 1. The topological polar surface area (TPSA) is 98.8 Å². The van der Waals surface area contributed by atoms with Gasteiger partial charge in [0.2, 0.25) is 0 Å². The van der Waals surface area contributed by atoms with Gasteiger partial charge >= 0.3 is 11.9 Å². The molecule has 1 aromatic rings. The Kier molecular flexibility index (Phi) is 10.6. The Hall–Kier alpha value is -1.92. The molecule has 26 heavy (non-hydrogen) atoms. The second-order valence-electron chi connectivity index (χ2n) is 6.32. The molecule has 1 aromatic carbocycles. The smallest absolute Gasteiger partial charge is 0.311 e. The fraction of sp³-hybridized carbons (Fsp3) is 0.600. The van der Waals surface area contributed by atoms with Gasteiger partial charge in [-0.25, -0.2) is 0 Å². The largest absolute Gasteiger partial charge is 0.423 e. The molecule has 1 rings (SSSR count). The Balaban J connectivity index is 2.86. The first-order chi connectivity index (χ1) is 12.5. The van der Waals surface area contributed by atoms with Crippen LogP contribution in [0.3, 0.4) is 0 Å². The van der Waals surface area contributed by atoms with Gasteiger partial charge in [0, 0.05) is 19.4 Å². The van der Waals surface area contributed by atoms with Crippen molar-refractivity contribution >= 4 is 11.9 Å². The SMILES string of the molecule is CCCCCC(=O)Oc1ccc(C(O)CN)cc1OC(=O)CCCCC. The van der Waals surface area contributed by atoms with Crippen LogP contribution in [0.15, 0.2) is 18.2 Å². The molecule has 6 nitrogen and oxygen atoms in total. The van der Waals surface area contributed by atoms with Crippen LogP contribution in [-0.2, 0) is 9.59 Å². The molecule has 0 aromatic heterocycles. The van der Waals surface area contributed by atoms with Gasteiger partial charge in [-0.2, -0.15) is 0 Å². The molecule has 3 N–H and O–H groups in total. The molecule has 0 spiro atoms. The molecule has 1 atom stereocenters. The molecular weight excluding hydrogens is 334 g/mol. The van der Waals surface area contributed by atoms with Gasteiger partial charge < -0.3 is 20.3 Å². The van der Waals surface area contributed by atoms with Gasteiger partial charge in [0.15, 0.2) is 11.5 Å². The fourth-order valence-corrected chi connectivity index (χ4v) is 2.42. The van der Waals surface area contributed by atoms with Gasteiger partial charge in [0.25, 0.3) is 0 Å². The monoisotopic (exact) mass is 365 g/mol. The molecule has 0 aliphatic heterocycles. The molecule has 6 heteroatoms. The maximum atomic E-state index is 12.0. The number of carbonyl (C=O) groups excluding carboxylic acids is 2. The van der Waals surface area contributed by atoms with Crippen LogP contribution in [0.4, 0.5) is 0 Å². The molecule has 0 saturated heterocycles. The predicted molar refractivity (Wildman–Crippen MR) is 100 cm³/mol. The molecule has 0 aliphatic rings. The van der Waals surface area contributed by atoms with E-state index >= 15 is 0 Å². The number of aliphatic hydroxyl groups is 1. The van der Waals surface area contributed by atoms with E-state index in [2.05, 4.69) is 13.8 Å². The van der Waals surface area contributed by atoms with E-state index in [0.717, 1.165) is 38.5 Å². The first-order valence-electron chi connectivity index (χ1n) is 9.45. The summed E-state index contributed by atoms with van der Waals surface area (Å²) < 4.78 is 10.7. The van der Waals surface area contributed by atoms with Crippen molar-refractivity contribution in [3.8, 4) is 11.5 Å². The summed E-state index contributed by atoms with van der Waals surface area (Å²) in [6, 6.07) is 4.64. The van der Waals surface area contributed by atoms with Crippen molar-refractivity contribution < 1.29 is 24.2 Å². The number of rotatable bonds is 12. The van der Waals surface area contributed by atoms with Gasteiger partial charge in [0.05, 0.1) is 6.10 Å². The highest BCUT2D eigenvalue weighted by molar-refractivity contribution is 5.76. The van der Waals surface area contributed by atoms with E-state index < -0.39 is 6.10 Å². The highest BCUT2D eigenvalue weighted by Crippen LogP contribution is 2.31. The molecule has 0 radical (unpaired) electrons. The molecule has 0 bridgehead atoms. The van der Waals surface area contributed by atoms with E-state index in [1.807, 2.05) is 0 Å². The van der Waals surface area contributed by atoms with Gasteiger partial charge in [-0.15, -0.1) is 0 Å². The van der Waals surface area contributed by atoms with E-state index in [1.165, 1.54) is 12.1 Å². The number of hydrogen-bond donors (Lipinski definition) is 2. The molecule has 1 unspecified atom stereocenters. The first-order valence-corrected chi connectivity index (χ1v) is 9.45. The van der Waals surface area contributed by atoms with Gasteiger partial charge in [-0.05, 0) is 30.5 Å². The average Bonchev–Trinajstić information content (AvgIpc) is 2.63. The molecule has 0 heterocycles. The predicted octanol–water partition coefficient (Wildman–Crippen LogP) is 3.65. The Morgan fingerprint density at radius 2 is 1.50 bits per heavy atom. The second-order valence-corrected chi connectivity index (χ2v) is 6.32. The third-order valence-corrected chi connectivity index (χ3v) is 3.99. The minimum absolute atomic E-state index is 0.0417. The molecule has 0 aliphatic carbocycles. The van der Waals surface area contributed by atoms with Crippen molar-refractivity contribution in [3.05, 3.63) is 23.8 Å². The van der Waals surface area contributed by atoms with Crippen LogP contribution in [0.5, 0.6) is 11.5 Å². The summed E-state index contributed by atoms with van der Waals surface area (Å²) in [7, 11) is 0. The second kappa shape index (κ2) is 12.4. The highest BCUT2D eigenvalue weighted by atomic mass is 16.6. The van der Waals surface area contributed by atoms with Crippen LogP contribution >= 0.6 is 0 Å². The third kappa shape index (κ3) is 7.97. The number of carbonyl (C=O) groups is 2. The summed E-state index contributed by atoms with van der Waals surface area (Å²) in [5.41, 5.74) is 5.99. The van der Waals surface area contributed by atoms with Crippen LogP contribution in [0.1, 0.15) is 76.9 Å². The van der Waals surface area contributed by atoms with E-state index in [4.69, 9.17) is 15.2 Å². The van der Waals surface area contributed by atoms with Crippen molar-refractivity contribution in [2.45, 2.75) is 71.3 Å². The van der Waals surface area contributed by atoms with E-state index in [1.54, 1.807) is 6.07 Å². The summed E-state index contributed by atoms with van der Waals surface area (Å²) in [6.45, 7) is 4.15. The lowest BCUT2D eigenvalue weighted by atomic mass is 10.1. The fourth-order valence-electron chi connectivity index (χ4n) is 2.42. The van der Waals surface area contributed by atoms with E-state index in [0.29, 0.717) is 18.4 Å². The zero-order valence-corrected chi connectivity index (χ0v) is 15.8. The van der Waals surface area contributed by atoms with Crippen LogP contribution in [0, 0.1) is 0 Å². The number of nitrogens with two attached hydrogens (primary N) is 1. The lowest BCUT2D eigenvalue weighted by Gasteiger charge is -2.14. The Morgan fingerprint density at radius 3 is 2.00 bits per heavy atom. The number of hydrogen-bond acceptors (Lipinski definition) is 6. The Bertz CT molecular complexity index is 573. The van der Waals surface area contributed by atoms with Crippen molar-refractivity contribution in [1.82, 2.24) is 0 Å². The summed E-state index contributed by atoms with van der Waals surface area (Å²) in [5, 5.41) is 9.90. The van der Waals surface area contributed by atoms with Crippen LogP contribution in [-0.4, -0.2) is 23.6 Å². The summed E-state index contributed by atoms with van der Waals surface area (Å²) >= 11 is 0. The Morgan fingerprint density at radius 1 is 0.962 bits per heavy atom. The molecule has 0 saturated carbocycles. The van der Waals surface area contributed by atoms with Gasteiger partial charge in [-0.1, -0.05) is 45.6 Å². The minimum Gasteiger partial charge on any atom is -0.423 e. The van der Waals surface area contributed by atoms with Crippen LogP contribution in [0.2, 0.25) is 0 Å². The van der Waals surface area contributed by atoms with Crippen molar-refractivity contribution in [1.29, 1.82) is 0 Å². The number of esters is 2. The molecule has 146 valence electrons. The lowest BCUT2D eigenvalue weighted by Crippen LogP contribution is -2.14. The van der Waals surface area contributed by atoms with Gasteiger partial charge in [0.1, 0.15) is 0 Å². The first kappa shape index (κ1) is 22.1. The Labute approximate surface area is 155 Å². The quantitative estimate of drug-likeness (QED) is 0.333.